The van der Waals surface area contributed by atoms with Gasteiger partial charge in [0.1, 0.15) is 5.82 Å². The smallest absolute Gasteiger partial charge is 0.253 e. The van der Waals surface area contributed by atoms with Gasteiger partial charge in [0, 0.05) is 51.6 Å². The SMILES string of the molecule is CN1C2CCC1c1c(n(CC(O)(NC(=O)c3ccc(F)cc3)C3CCC3)c3ccc(Cl)cc13)C2. The van der Waals surface area contributed by atoms with Crippen molar-refractivity contribution in [2.45, 2.75) is 62.9 Å². The molecule has 2 fully saturated rings. The Bertz CT molecular complexity index is 1270. The van der Waals surface area contributed by atoms with E-state index in [0.29, 0.717) is 22.7 Å². The molecule has 2 bridgehead atoms. The first kappa shape index (κ1) is 22.1. The minimum absolute atomic E-state index is 0.0275. The minimum atomic E-state index is -1.40. The molecule has 0 radical (unpaired) electrons. The molecule has 34 heavy (non-hydrogen) atoms. The van der Waals surface area contributed by atoms with Gasteiger partial charge >= 0.3 is 0 Å². The lowest BCUT2D eigenvalue weighted by molar-refractivity contribution is -0.0822. The topological polar surface area (TPSA) is 57.5 Å². The molecule has 1 saturated carbocycles. The second-order valence-electron chi connectivity index (χ2n) is 10.2. The first-order valence-corrected chi connectivity index (χ1v) is 12.5. The number of likely N-dealkylation sites (N-methyl/N-ethyl adjacent to an activating group) is 1. The van der Waals surface area contributed by atoms with Crippen LogP contribution in [-0.2, 0) is 13.0 Å². The zero-order valence-electron chi connectivity index (χ0n) is 19.2. The number of nitrogens with zero attached hydrogens (tertiary/aromatic N) is 2. The van der Waals surface area contributed by atoms with Gasteiger partial charge in [0.2, 0.25) is 0 Å². The molecular weight excluding hydrogens is 453 g/mol. The molecule has 1 amide bonds. The van der Waals surface area contributed by atoms with Gasteiger partial charge in [0.05, 0.1) is 6.54 Å². The molecule has 5 nitrogen and oxygen atoms in total. The molecule has 1 aliphatic carbocycles. The van der Waals surface area contributed by atoms with Crippen LogP contribution in [0.25, 0.3) is 10.9 Å². The third-order valence-corrected chi connectivity index (χ3v) is 8.63. The summed E-state index contributed by atoms with van der Waals surface area (Å²) in [4.78, 5) is 15.5. The van der Waals surface area contributed by atoms with E-state index < -0.39 is 11.5 Å². The Morgan fingerprint density at radius 3 is 2.65 bits per heavy atom. The first-order chi connectivity index (χ1) is 16.3. The van der Waals surface area contributed by atoms with E-state index in [2.05, 4.69) is 21.8 Å². The average molecular weight is 482 g/mol. The van der Waals surface area contributed by atoms with E-state index in [4.69, 9.17) is 11.6 Å². The van der Waals surface area contributed by atoms with Crippen molar-refractivity contribution in [3.63, 3.8) is 0 Å². The van der Waals surface area contributed by atoms with Crippen LogP contribution in [0.1, 0.15) is 59.8 Å². The zero-order valence-corrected chi connectivity index (χ0v) is 20.0. The van der Waals surface area contributed by atoms with Gasteiger partial charge in [0.15, 0.2) is 5.72 Å². The third-order valence-electron chi connectivity index (χ3n) is 8.40. The fraction of sp³-hybridized carbons (Fsp3) is 0.444. The van der Waals surface area contributed by atoms with Crippen molar-refractivity contribution in [2.75, 3.05) is 7.05 Å². The van der Waals surface area contributed by atoms with Crippen LogP contribution in [0.4, 0.5) is 4.39 Å². The van der Waals surface area contributed by atoms with Gasteiger partial charge in [-0.2, -0.15) is 0 Å². The van der Waals surface area contributed by atoms with Gasteiger partial charge in [-0.3, -0.25) is 9.69 Å². The molecule has 3 aliphatic rings. The number of hydrogen-bond acceptors (Lipinski definition) is 3. The molecule has 2 N–H and O–H groups in total. The molecule has 1 aromatic heterocycles. The van der Waals surface area contributed by atoms with Crippen molar-refractivity contribution in [3.05, 3.63) is 70.1 Å². The molecule has 3 aromatic rings. The van der Waals surface area contributed by atoms with Crippen molar-refractivity contribution in [3.8, 4) is 0 Å². The van der Waals surface area contributed by atoms with E-state index >= 15 is 0 Å². The first-order valence-electron chi connectivity index (χ1n) is 12.2. The maximum absolute atomic E-state index is 13.4. The Morgan fingerprint density at radius 1 is 1.18 bits per heavy atom. The molecule has 3 heterocycles. The molecular formula is C27H29ClFN3O2. The average Bonchev–Trinajstić information content (AvgIpc) is 3.16. The number of carbonyl (C=O) groups is 1. The molecule has 178 valence electrons. The van der Waals surface area contributed by atoms with Crippen LogP contribution >= 0.6 is 11.6 Å². The summed E-state index contributed by atoms with van der Waals surface area (Å²) < 4.78 is 15.6. The Labute approximate surface area is 203 Å². The number of benzene rings is 2. The number of rotatable bonds is 5. The lowest BCUT2D eigenvalue weighted by atomic mass is 9.77. The fourth-order valence-corrected chi connectivity index (χ4v) is 6.45. The van der Waals surface area contributed by atoms with Gasteiger partial charge < -0.3 is 15.0 Å². The summed E-state index contributed by atoms with van der Waals surface area (Å²) in [5, 5.41) is 16.7. The predicted octanol–water partition coefficient (Wildman–Crippen LogP) is 5.04. The number of aromatic nitrogens is 1. The van der Waals surface area contributed by atoms with Crippen molar-refractivity contribution in [1.29, 1.82) is 0 Å². The number of hydrogen-bond donors (Lipinski definition) is 2. The van der Waals surface area contributed by atoms with E-state index in [1.165, 1.54) is 35.5 Å². The number of fused-ring (bicyclic) bond motifs is 6. The summed E-state index contributed by atoms with van der Waals surface area (Å²) >= 11 is 6.42. The van der Waals surface area contributed by atoms with Crippen molar-refractivity contribution < 1.29 is 14.3 Å². The molecule has 1 saturated heterocycles. The van der Waals surface area contributed by atoms with E-state index in [9.17, 15) is 14.3 Å². The van der Waals surface area contributed by atoms with E-state index in [1.807, 2.05) is 18.2 Å². The lowest BCUT2D eigenvalue weighted by Crippen LogP contribution is -2.58. The second kappa shape index (κ2) is 8.08. The summed E-state index contributed by atoms with van der Waals surface area (Å²) in [5.74, 6) is -0.808. The highest BCUT2D eigenvalue weighted by molar-refractivity contribution is 6.31. The normalized spacial score (nSPS) is 24.0. The van der Waals surface area contributed by atoms with Crippen molar-refractivity contribution in [2.24, 2.45) is 5.92 Å². The summed E-state index contributed by atoms with van der Waals surface area (Å²) in [7, 11) is 2.20. The van der Waals surface area contributed by atoms with Crippen LogP contribution in [-0.4, -0.2) is 39.3 Å². The van der Waals surface area contributed by atoms with E-state index in [0.717, 1.165) is 49.4 Å². The van der Waals surface area contributed by atoms with Gasteiger partial charge in [-0.05, 0) is 80.8 Å². The summed E-state index contributed by atoms with van der Waals surface area (Å²) in [6.07, 6.45) is 5.96. The maximum atomic E-state index is 13.4. The van der Waals surface area contributed by atoms with Gasteiger partial charge in [-0.15, -0.1) is 0 Å². The molecule has 2 aliphatic heterocycles. The van der Waals surface area contributed by atoms with Crippen molar-refractivity contribution in [1.82, 2.24) is 14.8 Å². The maximum Gasteiger partial charge on any atom is 0.253 e. The number of nitrogens with one attached hydrogen (secondary N) is 1. The molecule has 2 aromatic carbocycles. The quantitative estimate of drug-likeness (QED) is 0.502. The Kier molecular flexibility index (Phi) is 5.24. The van der Waals surface area contributed by atoms with Crippen LogP contribution in [0.2, 0.25) is 5.02 Å². The summed E-state index contributed by atoms with van der Waals surface area (Å²) in [5.41, 5.74) is 2.55. The van der Waals surface area contributed by atoms with Crippen LogP contribution in [0.15, 0.2) is 42.5 Å². The van der Waals surface area contributed by atoms with Crippen molar-refractivity contribution >= 4 is 28.4 Å². The molecule has 0 spiro atoms. The summed E-state index contributed by atoms with van der Waals surface area (Å²) in [6, 6.07) is 12.2. The zero-order chi connectivity index (χ0) is 23.6. The number of halogens is 2. The molecule has 3 atom stereocenters. The van der Waals surface area contributed by atoms with Gasteiger partial charge in [0.25, 0.3) is 5.91 Å². The van der Waals surface area contributed by atoms with Crippen LogP contribution in [0.3, 0.4) is 0 Å². The molecule has 3 unspecified atom stereocenters. The monoisotopic (exact) mass is 481 g/mol. The van der Waals surface area contributed by atoms with Crippen LogP contribution < -0.4 is 5.32 Å². The van der Waals surface area contributed by atoms with E-state index in [1.54, 1.807) is 0 Å². The second-order valence-corrected chi connectivity index (χ2v) is 10.7. The highest BCUT2D eigenvalue weighted by Crippen LogP contribution is 2.48. The third kappa shape index (κ3) is 3.46. The Morgan fingerprint density at radius 2 is 1.94 bits per heavy atom. The summed E-state index contributed by atoms with van der Waals surface area (Å²) in [6.45, 7) is 0.279. The predicted molar refractivity (Wildman–Crippen MR) is 130 cm³/mol. The van der Waals surface area contributed by atoms with Gasteiger partial charge in [-0.1, -0.05) is 18.0 Å². The fourth-order valence-electron chi connectivity index (χ4n) is 6.27. The molecule has 7 heteroatoms. The Hall–Kier alpha value is -2.41. The number of aliphatic hydroxyl groups is 1. The van der Waals surface area contributed by atoms with Gasteiger partial charge in [-0.25, -0.2) is 4.39 Å². The van der Waals surface area contributed by atoms with Crippen LogP contribution in [0, 0.1) is 11.7 Å². The largest absolute Gasteiger partial charge is 0.369 e. The van der Waals surface area contributed by atoms with Crippen LogP contribution in [0.5, 0.6) is 0 Å². The minimum Gasteiger partial charge on any atom is -0.369 e. The highest BCUT2D eigenvalue weighted by Gasteiger charge is 2.45. The number of amides is 1. The lowest BCUT2D eigenvalue weighted by Gasteiger charge is -2.43. The Balaban J connectivity index is 1.42. The molecule has 6 rings (SSSR count). The highest BCUT2D eigenvalue weighted by atomic mass is 35.5. The standard InChI is InChI=1S/C27H29ClFN3O2/c1-31-20-10-12-23(31)25-21-13-18(28)7-11-22(21)32(24(25)14-20)15-27(34,17-3-2-4-17)30-26(33)16-5-8-19(29)9-6-16/h5-9,11,13,17,20,23,34H,2-4,10,12,14-15H2,1H3,(H,30,33). The number of carbonyl (C=O) groups excluding carboxylic acids is 1. The van der Waals surface area contributed by atoms with E-state index in [-0.39, 0.29) is 18.4 Å².